The monoisotopic (exact) mass is 222 g/mol. The molecule has 0 aliphatic carbocycles. The molecule has 4 nitrogen and oxygen atoms in total. The number of anilines is 1. The van der Waals surface area contributed by atoms with Crippen LogP contribution in [0, 0.1) is 5.92 Å². The fraction of sp³-hybridized carbons (Fsp3) is 0.583. The van der Waals surface area contributed by atoms with Crippen molar-refractivity contribution in [1.82, 2.24) is 4.98 Å². The summed E-state index contributed by atoms with van der Waals surface area (Å²) in [6.07, 6.45) is 2.86. The van der Waals surface area contributed by atoms with Crippen molar-refractivity contribution in [2.24, 2.45) is 5.92 Å². The van der Waals surface area contributed by atoms with Gasteiger partial charge in [0.2, 0.25) is 0 Å². The Kier molecular flexibility index (Phi) is 3.99. The van der Waals surface area contributed by atoms with Crippen molar-refractivity contribution in [2.45, 2.75) is 13.3 Å². The third-order valence-electron chi connectivity index (χ3n) is 2.60. The van der Waals surface area contributed by atoms with Crippen molar-refractivity contribution in [3.8, 4) is 5.75 Å². The Labute approximate surface area is 96.0 Å². The SMILES string of the molecule is CCNc1cc(OCC2CCOC2)ccn1. The molecule has 0 bridgehead atoms. The molecule has 1 aromatic rings. The minimum Gasteiger partial charge on any atom is -0.493 e. The maximum Gasteiger partial charge on any atom is 0.129 e. The van der Waals surface area contributed by atoms with E-state index in [9.17, 15) is 0 Å². The number of rotatable bonds is 5. The number of aromatic nitrogens is 1. The van der Waals surface area contributed by atoms with Gasteiger partial charge in [-0.2, -0.15) is 0 Å². The van der Waals surface area contributed by atoms with Gasteiger partial charge in [-0.15, -0.1) is 0 Å². The molecular weight excluding hydrogens is 204 g/mol. The summed E-state index contributed by atoms with van der Waals surface area (Å²) in [7, 11) is 0. The molecule has 1 aliphatic rings. The smallest absolute Gasteiger partial charge is 0.129 e. The van der Waals surface area contributed by atoms with E-state index in [1.807, 2.05) is 19.1 Å². The van der Waals surface area contributed by atoms with Gasteiger partial charge in [-0.25, -0.2) is 4.98 Å². The minimum atomic E-state index is 0.538. The minimum absolute atomic E-state index is 0.538. The highest BCUT2D eigenvalue weighted by molar-refractivity contribution is 5.40. The Hall–Kier alpha value is -1.29. The maximum atomic E-state index is 5.72. The largest absolute Gasteiger partial charge is 0.493 e. The highest BCUT2D eigenvalue weighted by Gasteiger charge is 2.16. The average Bonchev–Trinajstić information content (AvgIpc) is 2.80. The molecule has 0 saturated carbocycles. The van der Waals surface area contributed by atoms with Gasteiger partial charge in [0, 0.05) is 31.3 Å². The number of hydrogen-bond acceptors (Lipinski definition) is 4. The standard InChI is InChI=1S/C12H18N2O2/c1-2-13-12-7-11(3-5-14-12)16-9-10-4-6-15-8-10/h3,5,7,10H,2,4,6,8-9H2,1H3,(H,13,14). The molecule has 0 spiro atoms. The van der Waals surface area contributed by atoms with Gasteiger partial charge < -0.3 is 14.8 Å². The van der Waals surface area contributed by atoms with Crippen LogP contribution in [-0.2, 0) is 4.74 Å². The van der Waals surface area contributed by atoms with E-state index in [4.69, 9.17) is 9.47 Å². The Balaban J connectivity index is 1.85. The third-order valence-corrected chi connectivity index (χ3v) is 2.60. The van der Waals surface area contributed by atoms with Crippen molar-refractivity contribution >= 4 is 5.82 Å². The van der Waals surface area contributed by atoms with Crippen LogP contribution in [0.4, 0.5) is 5.82 Å². The lowest BCUT2D eigenvalue weighted by molar-refractivity contribution is 0.167. The molecule has 1 N–H and O–H groups in total. The van der Waals surface area contributed by atoms with Gasteiger partial charge in [0.1, 0.15) is 11.6 Å². The van der Waals surface area contributed by atoms with Crippen LogP contribution in [0.15, 0.2) is 18.3 Å². The molecule has 1 fully saturated rings. The molecule has 1 aromatic heterocycles. The zero-order chi connectivity index (χ0) is 11.2. The molecule has 2 heterocycles. The quantitative estimate of drug-likeness (QED) is 0.826. The van der Waals surface area contributed by atoms with E-state index >= 15 is 0 Å². The molecule has 1 atom stereocenters. The van der Waals surface area contributed by atoms with Crippen LogP contribution in [-0.4, -0.2) is 31.3 Å². The summed E-state index contributed by atoms with van der Waals surface area (Å²) >= 11 is 0. The van der Waals surface area contributed by atoms with Crippen molar-refractivity contribution in [3.05, 3.63) is 18.3 Å². The molecule has 88 valence electrons. The fourth-order valence-electron chi connectivity index (χ4n) is 1.71. The second kappa shape index (κ2) is 5.70. The van der Waals surface area contributed by atoms with E-state index in [1.54, 1.807) is 6.20 Å². The molecular formula is C12H18N2O2. The van der Waals surface area contributed by atoms with Gasteiger partial charge in [-0.3, -0.25) is 0 Å². The van der Waals surface area contributed by atoms with E-state index in [-0.39, 0.29) is 0 Å². The summed E-state index contributed by atoms with van der Waals surface area (Å²) in [5.74, 6) is 2.27. The Morgan fingerprint density at radius 2 is 2.56 bits per heavy atom. The predicted molar refractivity (Wildman–Crippen MR) is 62.8 cm³/mol. The van der Waals surface area contributed by atoms with E-state index in [2.05, 4.69) is 10.3 Å². The molecule has 0 amide bonds. The Morgan fingerprint density at radius 3 is 3.31 bits per heavy atom. The van der Waals surface area contributed by atoms with E-state index in [0.717, 1.165) is 44.4 Å². The van der Waals surface area contributed by atoms with Crippen molar-refractivity contribution < 1.29 is 9.47 Å². The van der Waals surface area contributed by atoms with Gasteiger partial charge in [-0.05, 0) is 19.4 Å². The topological polar surface area (TPSA) is 43.4 Å². The van der Waals surface area contributed by atoms with E-state index in [1.165, 1.54) is 0 Å². The van der Waals surface area contributed by atoms with Crippen LogP contribution in [0.3, 0.4) is 0 Å². The Bertz CT molecular complexity index is 325. The highest BCUT2D eigenvalue weighted by Crippen LogP contribution is 2.18. The first-order valence-electron chi connectivity index (χ1n) is 5.79. The van der Waals surface area contributed by atoms with Gasteiger partial charge in [0.15, 0.2) is 0 Å². The van der Waals surface area contributed by atoms with Gasteiger partial charge in [-0.1, -0.05) is 0 Å². The number of nitrogens with zero attached hydrogens (tertiary/aromatic N) is 1. The summed E-state index contributed by atoms with van der Waals surface area (Å²) in [5.41, 5.74) is 0. The van der Waals surface area contributed by atoms with E-state index in [0.29, 0.717) is 5.92 Å². The zero-order valence-electron chi connectivity index (χ0n) is 9.61. The predicted octanol–water partition coefficient (Wildman–Crippen LogP) is 1.93. The zero-order valence-corrected chi connectivity index (χ0v) is 9.61. The number of hydrogen-bond donors (Lipinski definition) is 1. The van der Waals surface area contributed by atoms with Crippen LogP contribution in [0.5, 0.6) is 5.75 Å². The number of ether oxygens (including phenoxy) is 2. The molecule has 2 rings (SSSR count). The van der Waals surface area contributed by atoms with Crippen LogP contribution < -0.4 is 10.1 Å². The summed E-state index contributed by atoms with van der Waals surface area (Å²) in [6, 6.07) is 3.82. The number of nitrogens with one attached hydrogen (secondary N) is 1. The lowest BCUT2D eigenvalue weighted by atomic mass is 10.1. The molecule has 1 aliphatic heterocycles. The van der Waals surface area contributed by atoms with Crippen molar-refractivity contribution in [3.63, 3.8) is 0 Å². The van der Waals surface area contributed by atoms with Gasteiger partial charge in [0.05, 0.1) is 13.2 Å². The van der Waals surface area contributed by atoms with Crippen LogP contribution in [0.2, 0.25) is 0 Å². The van der Waals surface area contributed by atoms with Gasteiger partial charge in [0.25, 0.3) is 0 Å². The first-order valence-corrected chi connectivity index (χ1v) is 5.79. The summed E-state index contributed by atoms with van der Waals surface area (Å²) in [4.78, 5) is 4.19. The highest BCUT2D eigenvalue weighted by atomic mass is 16.5. The maximum absolute atomic E-state index is 5.72. The van der Waals surface area contributed by atoms with Gasteiger partial charge >= 0.3 is 0 Å². The second-order valence-electron chi connectivity index (χ2n) is 3.95. The summed E-state index contributed by atoms with van der Waals surface area (Å²) in [6.45, 7) is 5.34. The Morgan fingerprint density at radius 1 is 1.62 bits per heavy atom. The lowest BCUT2D eigenvalue weighted by Crippen LogP contribution is -2.11. The van der Waals surface area contributed by atoms with Crippen LogP contribution in [0.25, 0.3) is 0 Å². The molecule has 0 radical (unpaired) electrons. The molecule has 1 saturated heterocycles. The van der Waals surface area contributed by atoms with E-state index < -0.39 is 0 Å². The first-order chi connectivity index (χ1) is 7.88. The lowest BCUT2D eigenvalue weighted by Gasteiger charge is -2.11. The van der Waals surface area contributed by atoms with Crippen molar-refractivity contribution in [2.75, 3.05) is 31.7 Å². The molecule has 16 heavy (non-hydrogen) atoms. The van der Waals surface area contributed by atoms with Crippen LogP contribution in [0.1, 0.15) is 13.3 Å². The van der Waals surface area contributed by atoms with Crippen molar-refractivity contribution in [1.29, 1.82) is 0 Å². The summed E-state index contributed by atoms with van der Waals surface area (Å²) < 4.78 is 11.0. The summed E-state index contributed by atoms with van der Waals surface area (Å²) in [5, 5.41) is 3.16. The normalized spacial score (nSPS) is 19.7. The molecule has 0 aromatic carbocycles. The first kappa shape index (κ1) is 11.2. The average molecular weight is 222 g/mol. The van der Waals surface area contributed by atoms with Crippen LogP contribution >= 0.6 is 0 Å². The molecule has 1 unspecified atom stereocenters. The second-order valence-corrected chi connectivity index (χ2v) is 3.95. The fourth-order valence-corrected chi connectivity index (χ4v) is 1.71. The number of pyridine rings is 1. The third kappa shape index (κ3) is 3.10. The molecule has 4 heteroatoms.